The molecule has 0 atom stereocenters. The van der Waals surface area contributed by atoms with Crippen LogP contribution in [-0.2, 0) is 0 Å². The highest BCUT2D eigenvalue weighted by atomic mass is 16.5. The van der Waals surface area contributed by atoms with E-state index in [1.807, 2.05) is 67.6 Å². The Kier molecular flexibility index (Phi) is 4.42. The normalized spacial score (nSPS) is 10.5. The highest BCUT2D eigenvalue weighted by Gasteiger charge is 1.97. The van der Waals surface area contributed by atoms with Crippen LogP contribution in [0.5, 0.6) is 11.5 Å². The second-order valence-corrected chi connectivity index (χ2v) is 3.89. The van der Waals surface area contributed by atoms with Crippen molar-refractivity contribution in [3.63, 3.8) is 0 Å². The molecule has 0 aliphatic rings. The second-order valence-electron chi connectivity index (χ2n) is 3.89. The van der Waals surface area contributed by atoms with E-state index in [2.05, 4.69) is 11.4 Å². The van der Waals surface area contributed by atoms with Gasteiger partial charge in [0.25, 0.3) is 0 Å². The molecule has 0 radical (unpaired) electrons. The van der Waals surface area contributed by atoms with Crippen LogP contribution in [-0.4, -0.2) is 6.54 Å². The van der Waals surface area contributed by atoms with Crippen LogP contribution in [0.2, 0.25) is 0 Å². The number of anilines is 1. The average molecular weight is 239 g/mol. The minimum atomic E-state index is 0.825. The first-order valence-electron chi connectivity index (χ1n) is 6.06. The first kappa shape index (κ1) is 12.2. The number of hydrogen-bond donors (Lipinski definition) is 1. The molecule has 2 aromatic carbocycles. The van der Waals surface area contributed by atoms with Crippen LogP contribution in [0.4, 0.5) is 5.69 Å². The predicted molar refractivity (Wildman–Crippen MR) is 76.3 cm³/mol. The van der Waals surface area contributed by atoms with Crippen molar-refractivity contribution in [3.05, 3.63) is 66.7 Å². The van der Waals surface area contributed by atoms with Gasteiger partial charge in [-0.15, -0.1) is 0 Å². The Morgan fingerprint density at radius 1 is 1.00 bits per heavy atom. The van der Waals surface area contributed by atoms with Gasteiger partial charge >= 0.3 is 0 Å². The van der Waals surface area contributed by atoms with E-state index in [0.717, 1.165) is 23.7 Å². The fourth-order valence-corrected chi connectivity index (χ4v) is 1.59. The third kappa shape index (κ3) is 3.67. The van der Waals surface area contributed by atoms with Gasteiger partial charge in [-0.1, -0.05) is 36.4 Å². The Morgan fingerprint density at radius 2 is 1.78 bits per heavy atom. The molecule has 0 aromatic heterocycles. The summed E-state index contributed by atoms with van der Waals surface area (Å²) < 4.78 is 5.77. The number of ether oxygens (including phenoxy) is 1. The molecule has 0 amide bonds. The van der Waals surface area contributed by atoms with Crippen molar-refractivity contribution in [1.82, 2.24) is 0 Å². The van der Waals surface area contributed by atoms with Crippen LogP contribution in [0.3, 0.4) is 0 Å². The van der Waals surface area contributed by atoms with Gasteiger partial charge in [0.1, 0.15) is 11.5 Å². The topological polar surface area (TPSA) is 21.3 Å². The SMILES string of the molecule is C/C=C/CNc1cccc(Oc2ccccc2)c1. The first-order chi connectivity index (χ1) is 8.88. The summed E-state index contributed by atoms with van der Waals surface area (Å²) in [6.45, 7) is 2.84. The summed E-state index contributed by atoms with van der Waals surface area (Å²) >= 11 is 0. The van der Waals surface area contributed by atoms with Crippen LogP contribution in [0, 0.1) is 0 Å². The van der Waals surface area contributed by atoms with Gasteiger partial charge in [0, 0.05) is 18.3 Å². The minimum absolute atomic E-state index is 0.825. The number of para-hydroxylation sites is 1. The Balaban J connectivity index is 2.03. The highest BCUT2D eigenvalue weighted by Crippen LogP contribution is 2.23. The molecule has 0 aliphatic heterocycles. The molecule has 0 unspecified atom stereocenters. The van der Waals surface area contributed by atoms with Gasteiger partial charge in [0.15, 0.2) is 0 Å². The largest absolute Gasteiger partial charge is 0.457 e. The molecule has 0 aliphatic carbocycles. The van der Waals surface area contributed by atoms with Crippen molar-refractivity contribution in [2.24, 2.45) is 0 Å². The lowest BCUT2D eigenvalue weighted by Crippen LogP contribution is -1.97. The Bertz CT molecular complexity index is 506. The summed E-state index contributed by atoms with van der Waals surface area (Å²) in [6.07, 6.45) is 4.10. The predicted octanol–water partition coefficient (Wildman–Crippen LogP) is 4.47. The van der Waals surface area contributed by atoms with Gasteiger partial charge in [0.05, 0.1) is 0 Å². The van der Waals surface area contributed by atoms with Crippen molar-refractivity contribution in [2.75, 3.05) is 11.9 Å². The van der Waals surface area contributed by atoms with Crippen LogP contribution < -0.4 is 10.1 Å². The lowest BCUT2D eigenvalue weighted by atomic mass is 10.3. The molecule has 0 heterocycles. The van der Waals surface area contributed by atoms with Gasteiger partial charge in [-0.3, -0.25) is 0 Å². The zero-order chi connectivity index (χ0) is 12.6. The first-order valence-corrected chi connectivity index (χ1v) is 6.06. The van der Waals surface area contributed by atoms with E-state index in [0.29, 0.717) is 0 Å². The summed E-state index contributed by atoms with van der Waals surface area (Å²) in [4.78, 5) is 0. The molecule has 2 nitrogen and oxygen atoms in total. The summed E-state index contributed by atoms with van der Waals surface area (Å²) in [5, 5.41) is 3.30. The van der Waals surface area contributed by atoms with Gasteiger partial charge in [-0.2, -0.15) is 0 Å². The zero-order valence-corrected chi connectivity index (χ0v) is 10.5. The number of benzene rings is 2. The monoisotopic (exact) mass is 239 g/mol. The fourth-order valence-electron chi connectivity index (χ4n) is 1.59. The van der Waals surface area contributed by atoms with Gasteiger partial charge < -0.3 is 10.1 Å². The molecule has 2 aromatic rings. The van der Waals surface area contributed by atoms with E-state index in [1.165, 1.54) is 0 Å². The summed E-state index contributed by atoms with van der Waals surface area (Å²) in [7, 11) is 0. The molecule has 2 heteroatoms. The molecule has 0 fully saturated rings. The summed E-state index contributed by atoms with van der Waals surface area (Å²) in [6, 6.07) is 17.7. The number of allylic oxidation sites excluding steroid dienone is 1. The van der Waals surface area contributed by atoms with Crippen LogP contribution in [0.25, 0.3) is 0 Å². The quantitative estimate of drug-likeness (QED) is 0.777. The number of hydrogen-bond acceptors (Lipinski definition) is 2. The molecular weight excluding hydrogens is 222 g/mol. The lowest BCUT2D eigenvalue weighted by molar-refractivity contribution is 0.483. The molecule has 0 spiro atoms. The van der Waals surface area contributed by atoms with Gasteiger partial charge in [-0.05, 0) is 31.2 Å². The molecule has 0 bridgehead atoms. The van der Waals surface area contributed by atoms with Crippen molar-refractivity contribution in [2.45, 2.75) is 6.92 Å². The summed E-state index contributed by atoms with van der Waals surface area (Å²) in [5.74, 6) is 1.69. The van der Waals surface area contributed by atoms with Crippen molar-refractivity contribution >= 4 is 5.69 Å². The standard InChI is InChI=1S/C16H17NO/c1-2-3-12-17-14-8-7-11-16(13-14)18-15-9-5-4-6-10-15/h2-11,13,17H,12H2,1H3/b3-2+. The smallest absolute Gasteiger partial charge is 0.129 e. The maximum atomic E-state index is 5.77. The van der Waals surface area contributed by atoms with E-state index in [9.17, 15) is 0 Å². The molecule has 0 saturated carbocycles. The Morgan fingerprint density at radius 3 is 2.56 bits per heavy atom. The average Bonchev–Trinajstić information content (AvgIpc) is 2.41. The van der Waals surface area contributed by atoms with Crippen LogP contribution in [0.1, 0.15) is 6.92 Å². The minimum Gasteiger partial charge on any atom is -0.457 e. The highest BCUT2D eigenvalue weighted by molar-refractivity contribution is 5.49. The molecule has 18 heavy (non-hydrogen) atoms. The zero-order valence-electron chi connectivity index (χ0n) is 10.5. The Labute approximate surface area is 108 Å². The van der Waals surface area contributed by atoms with Crippen molar-refractivity contribution in [3.8, 4) is 11.5 Å². The van der Waals surface area contributed by atoms with Gasteiger partial charge in [-0.25, -0.2) is 0 Å². The molecule has 0 saturated heterocycles. The second kappa shape index (κ2) is 6.50. The van der Waals surface area contributed by atoms with Crippen molar-refractivity contribution < 1.29 is 4.74 Å². The number of nitrogens with one attached hydrogen (secondary N) is 1. The Hall–Kier alpha value is -2.22. The van der Waals surface area contributed by atoms with E-state index in [4.69, 9.17) is 4.74 Å². The van der Waals surface area contributed by atoms with E-state index in [1.54, 1.807) is 0 Å². The fraction of sp³-hybridized carbons (Fsp3) is 0.125. The maximum absolute atomic E-state index is 5.77. The third-order valence-electron chi connectivity index (χ3n) is 2.47. The molecule has 1 N–H and O–H groups in total. The van der Waals surface area contributed by atoms with Crippen molar-refractivity contribution in [1.29, 1.82) is 0 Å². The lowest BCUT2D eigenvalue weighted by Gasteiger charge is -2.08. The van der Waals surface area contributed by atoms with E-state index < -0.39 is 0 Å². The van der Waals surface area contributed by atoms with Gasteiger partial charge in [0.2, 0.25) is 0 Å². The maximum Gasteiger partial charge on any atom is 0.129 e. The molecule has 92 valence electrons. The third-order valence-corrected chi connectivity index (χ3v) is 2.47. The number of rotatable bonds is 5. The van der Waals surface area contributed by atoms with E-state index in [-0.39, 0.29) is 0 Å². The molecule has 2 rings (SSSR count). The summed E-state index contributed by atoms with van der Waals surface area (Å²) in [5.41, 5.74) is 1.06. The van der Waals surface area contributed by atoms with Crippen LogP contribution >= 0.6 is 0 Å². The molecular formula is C16H17NO. The van der Waals surface area contributed by atoms with Crippen LogP contribution in [0.15, 0.2) is 66.7 Å². The van der Waals surface area contributed by atoms with E-state index >= 15 is 0 Å².